The lowest BCUT2D eigenvalue weighted by molar-refractivity contribution is 0.0818. The van der Waals surface area contributed by atoms with E-state index in [0.29, 0.717) is 29.6 Å². The first kappa shape index (κ1) is 11.2. The minimum atomic E-state index is -0.307. The molecule has 2 aromatic carbocycles. The van der Waals surface area contributed by atoms with Gasteiger partial charge in [0.15, 0.2) is 34.9 Å². The van der Waals surface area contributed by atoms with E-state index in [1.165, 1.54) is 0 Å². The summed E-state index contributed by atoms with van der Waals surface area (Å²) in [6, 6.07) is 15.1. The van der Waals surface area contributed by atoms with Gasteiger partial charge >= 0.3 is 0 Å². The summed E-state index contributed by atoms with van der Waals surface area (Å²) in [7, 11) is 0. The molecule has 100 valence electrons. The average molecular weight is 268 g/mol. The van der Waals surface area contributed by atoms with Crippen LogP contribution in [0.5, 0.6) is 23.0 Å². The number of fused-ring (bicyclic) bond motifs is 2. The first-order valence-electron chi connectivity index (χ1n) is 6.42. The second kappa shape index (κ2) is 4.49. The first-order chi connectivity index (χ1) is 9.90. The lowest BCUT2D eigenvalue weighted by Gasteiger charge is -2.29. The fraction of sp³-hybridized carbons (Fsp3) is 0.125. The molecule has 2 aliphatic rings. The Morgan fingerprint density at radius 1 is 0.800 bits per heavy atom. The zero-order valence-corrected chi connectivity index (χ0v) is 10.6. The lowest BCUT2D eigenvalue weighted by atomic mass is 10.2. The van der Waals surface area contributed by atoms with Gasteiger partial charge in [-0.15, -0.1) is 0 Å². The van der Waals surface area contributed by atoms with Crippen LogP contribution in [0, 0.1) is 0 Å². The average Bonchev–Trinajstić information content (AvgIpc) is 2.54. The van der Waals surface area contributed by atoms with Crippen LogP contribution in [0.15, 0.2) is 60.6 Å². The van der Waals surface area contributed by atoms with Crippen molar-refractivity contribution in [2.24, 2.45) is 0 Å². The summed E-state index contributed by atoms with van der Waals surface area (Å²) >= 11 is 0. The van der Waals surface area contributed by atoms with Crippen molar-refractivity contribution in [3.05, 3.63) is 60.6 Å². The molecule has 0 saturated heterocycles. The highest BCUT2D eigenvalue weighted by atomic mass is 16.6. The fourth-order valence-corrected chi connectivity index (χ4v) is 2.21. The molecule has 0 N–H and O–H groups in total. The predicted octanol–water partition coefficient (Wildman–Crippen LogP) is 3.14. The Hall–Kier alpha value is -2.62. The third-order valence-electron chi connectivity index (χ3n) is 3.20. The molecule has 2 heterocycles. The monoisotopic (exact) mass is 268 g/mol. The van der Waals surface area contributed by atoms with Crippen molar-refractivity contribution in [1.29, 1.82) is 0 Å². The van der Waals surface area contributed by atoms with E-state index < -0.39 is 0 Å². The largest absolute Gasteiger partial charge is 0.485 e. The molecule has 0 spiro atoms. The first-order valence-corrected chi connectivity index (χ1v) is 6.42. The molecule has 2 aromatic rings. The normalized spacial score (nSPS) is 19.2. The standard InChI is InChI=1S/C16H12O4/c1-3-7-13-11(5-1)17-9-15(19-13)16-10-18-12-6-2-4-8-14(12)20-16/h1-9,16H,10H2. The van der Waals surface area contributed by atoms with Crippen LogP contribution in [0.1, 0.15) is 0 Å². The highest BCUT2D eigenvalue weighted by Gasteiger charge is 2.28. The maximum absolute atomic E-state index is 5.89. The Balaban J connectivity index is 1.57. The van der Waals surface area contributed by atoms with Gasteiger partial charge in [0.2, 0.25) is 0 Å². The van der Waals surface area contributed by atoms with Crippen LogP contribution in [-0.4, -0.2) is 12.7 Å². The van der Waals surface area contributed by atoms with E-state index >= 15 is 0 Å². The second-order valence-electron chi connectivity index (χ2n) is 4.55. The summed E-state index contributed by atoms with van der Waals surface area (Å²) in [5, 5.41) is 0. The summed E-state index contributed by atoms with van der Waals surface area (Å²) < 4.78 is 22.9. The molecule has 4 nitrogen and oxygen atoms in total. The van der Waals surface area contributed by atoms with Crippen molar-refractivity contribution in [1.82, 2.24) is 0 Å². The molecule has 4 heteroatoms. The van der Waals surface area contributed by atoms with Crippen molar-refractivity contribution >= 4 is 0 Å². The Morgan fingerprint density at radius 3 is 2.35 bits per heavy atom. The van der Waals surface area contributed by atoms with Crippen LogP contribution < -0.4 is 18.9 Å². The summed E-state index contributed by atoms with van der Waals surface area (Å²) in [5.41, 5.74) is 0. The van der Waals surface area contributed by atoms with Gasteiger partial charge in [-0.25, -0.2) is 0 Å². The molecular formula is C16H12O4. The molecular weight excluding hydrogens is 256 g/mol. The maximum Gasteiger partial charge on any atom is 0.193 e. The van der Waals surface area contributed by atoms with Crippen LogP contribution >= 0.6 is 0 Å². The Labute approximate surface area is 116 Å². The van der Waals surface area contributed by atoms with Crippen molar-refractivity contribution in [3.63, 3.8) is 0 Å². The lowest BCUT2D eigenvalue weighted by Crippen LogP contribution is -2.34. The van der Waals surface area contributed by atoms with E-state index in [2.05, 4.69) is 0 Å². The van der Waals surface area contributed by atoms with Crippen molar-refractivity contribution in [2.45, 2.75) is 6.10 Å². The minimum absolute atomic E-state index is 0.307. The molecule has 20 heavy (non-hydrogen) atoms. The number of rotatable bonds is 1. The van der Waals surface area contributed by atoms with Gasteiger partial charge < -0.3 is 18.9 Å². The predicted molar refractivity (Wildman–Crippen MR) is 72.1 cm³/mol. The molecule has 0 aromatic heterocycles. The van der Waals surface area contributed by atoms with E-state index in [0.717, 1.165) is 5.75 Å². The van der Waals surface area contributed by atoms with Crippen molar-refractivity contribution in [3.8, 4) is 23.0 Å². The van der Waals surface area contributed by atoms with Crippen LogP contribution in [0.4, 0.5) is 0 Å². The van der Waals surface area contributed by atoms with Gasteiger partial charge in [-0.05, 0) is 24.3 Å². The third-order valence-corrected chi connectivity index (χ3v) is 3.20. The van der Waals surface area contributed by atoms with Crippen LogP contribution in [0.2, 0.25) is 0 Å². The highest BCUT2D eigenvalue weighted by Crippen LogP contribution is 2.36. The van der Waals surface area contributed by atoms with Crippen LogP contribution in [0.25, 0.3) is 0 Å². The van der Waals surface area contributed by atoms with E-state index in [9.17, 15) is 0 Å². The van der Waals surface area contributed by atoms with Gasteiger partial charge in [0, 0.05) is 0 Å². The second-order valence-corrected chi connectivity index (χ2v) is 4.55. The van der Waals surface area contributed by atoms with Gasteiger partial charge in [0.25, 0.3) is 0 Å². The van der Waals surface area contributed by atoms with Crippen molar-refractivity contribution in [2.75, 3.05) is 6.61 Å². The zero-order chi connectivity index (χ0) is 13.4. The molecule has 0 radical (unpaired) electrons. The summed E-state index contributed by atoms with van der Waals surface area (Å²) in [6.07, 6.45) is 1.27. The number of hydrogen-bond donors (Lipinski definition) is 0. The number of hydrogen-bond acceptors (Lipinski definition) is 4. The van der Waals surface area contributed by atoms with E-state index in [4.69, 9.17) is 18.9 Å². The van der Waals surface area contributed by atoms with Crippen molar-refractivity contribution < 1.29 is 18.9 Å². The van der Waals surface area contributed by atoms with E-state index in [1.54, 1.807) is 6.26 Å². The SMILES string of the molecule is C1=C(C2COc3ccccc3O2)Oc2ccccc2O1. The van der Waals surface area contributed by atoms with Crippen LogP contribution in [0.3, 0.4) is 0 Å². The molecule has 0 fully saturated rings. The number of ether oxygens (including phenoxy) is 4. The summed E-state index contributed by atoms with van der Waals surface area (Å²) in [6.45, 7) is 0.397. The summed E-state index contributed by atoms with van der Waals surface area (Å²) in [5.74, 6) is 3.47. The smallest absolute Gasteiger partial charge is 0.193 e. The number of benzene rings is 2. The molecule has 0 saturated carbocycles. The quantitative estimate of drug-likeness (QED) is 0.796. The molecule has 0 aliphatic carbocycles. The Morgan fingerprint density at radius 2 is 1.50 bits per heavy atom. The molecule has 0 amide bonds. The summed E-state index contributed by atoms with van der Waals surface area (Å²) in [4.78, 5) is 0. The molecule has 2 aliphatic heterocycles. The molecule has 4 rings (SSSR count). The molecule has 1 atom stereocenters. The number of para-hydroxylation sites is 4. The van der Waals surface area contributed by atoms with Gasteiger partial charge in [-0.1, -0.05) is 24.3 Å². The molecule has 1 unspecified atom stereocenters. The minimum Gasteiger partial charge on any atom is -0.485 e. The van der Waals surface area contributed by atoms with E-state index in [1.807, 2.05) is 48.5 Å². The third kappa shape index (κ3) is 1.86. The maximum atomic E-state index is 5.89. The van der Waals surface area contributed by atoms with Gasteiger partial charge in [0.1, 0.15) is 12.9 Å². The Bertz CT molecular complexity index is 678. The van der Waals surface area contributed by atoms with Gasteiger partial charge in [-0.2, -0.15) is 0 Å². The zero-order valence-electron chi connectivity index (χ0n) is 10.6. The van der Waals surface area contributed by atoms with Gasteiger partial charge in [-0.3, -0.25) is 0 Å². The highest BCUT2D eigenvalue weighted by molar-refractivity contribution is 5.44. The van der Waals surface area contributed by atoms with Gasteiger partial charge in [0.05, 0.1) is 0 Å². The topological polar surface area (TPSA) is 36.9 Å². The van der Waals surface area contributed by atoms with Crippen LogP contribution in [-0.2, 0) is 0 Å². The molecule has 0 bridgehead atoms. The fourth-order valence-electron chi connectivity index (χ4n) is 2.21. The Kier molecular flexibility index (Phi) is 2.52. The van der Waals surface area contributed by atoms with E-state index in [-0.39, 0.29) is 6.10 Å².